The first-order valence-corrected chi connectivity index (χ1v) is 5.93. The van der Waals surface area contributed by atoms with Gasteiger partial charge in [-0.3, -0.25) is 0 Å². The Bertz CT molecular complexity index is 362. The molecule has 0 aliphatic carbocycles. The van der Waals surface area contributed by atoms with Crippen LogP contribution >= 0.6 is 11.3 Å². The van der Waals surface area contributed by atoms with Crippen molar-refractivity contribution in [2.24, 2.45) is 0 Å². The highest BCUT2D eigenvalue weighted by Gasteiger charge is 2.24. The average molecular weight is 223 g/mol. The van der Waals surface area contributed by atoms with Crippen LogP contribution in [0.2, 0.25) is 0 Å². The number of nitrogens with one attached hydrogen (secondary N) is 1. The third-order valence-corrected chi connectivity index (χ3v) is 3.78. The van der Waals surface area contributed by atoms with Gasteiger partial charge in [0.1, 0.15) is 10.4 Å². The summed E-state index contributed by atoms with van der Waals surface area (Å²) in [6.45, 7) is 8.93. The van der Waals surface area contributed by atoms with E-state index in [-0.39, 0.29) is 0 Å². The van der Waals surface area contributed by atoms with Crippen molar-refractivity contribution in [1.82, 2.24) is 10.3 Å². The lowest BCUT2D eigenvalue weighted by molar-refractivity contribution is 0.606. The predicted molar refractivity (Wildman–Crippen MR) is 62.8 cm³/mol. The molecule has 0 radical (unpaired) electrons. The van der Waals surface area contributed by atoms with Gasteiger partial charge < -0.3 is 5.32 Å². The third kappa shape index (κ3) is 2.77. The molecule has 0 saturated heterocycles. The van der Waals surface area contributed by atoms with Gasteiger partial charge in [0.15, 0.2) is 0 Å². The smallest absolute Gasteiger partial charge is 0.113 e. The van der Waals surface area contributed by atoms with Crippen molar-refractivity contribution in [3.63, 3.8) is 0 Å². The summed E-state index contributed by atoms with van der Waals surface area (Å²) in [5, 5.41) is 13.2. The Morgan fingerprint density at radius 2 is 2.33 bits per heavy atom. The van der Waals surface area contributed by atoms with Crippen LogP contribution in [0, 0.1) is 11.3 Å². The van der Waals surface area contributed by atoms with Crippen molar-refractivity contribution in [2.75, 3.05) is 6.54 Å². The molecule has 4 heteroatoms. The molecule has 1 unspecified atom stereocenters. The Balaban J connectivity index is 2.86. The molecule has 0 amide bonds. The van der Waals surface area contributed by atoms with Crippen molar-refractivity contribution in [2.45, 2.75) is 39.2 Å². The topological polar surface area (TPSA) is 48.7 Å². The van der Waals surface area contributed by atoms with E-state index >= 15 is 0 Å². The lowest BCUT2D eigenvalue weighted by Crippen LogP contribution is -2.16. The summed E-state index contributed by atoms with van der Waals surface area (Å²) in [6, 6.07) is 2.58. The van der Waals surface area contributed by atoms with Crippen LogP contribution < -0.4 is 5.32 Å². The van der Waals surface area contributed by atoms with Gasteiger partial charge in [-0.05, 0) is 27.3 Å². The summed E-state index contributed by atoms with van der Waals surface area (Å²) >= 11 is 1.62. The molecule has 82 valence electrons. The van der Waals surface area contributed by atoms with Crippen LogP contribution in [0.3, 0.4) is 0 Å². The second-order valence-electron chi connectivity index (χ2n) is 4.08. The summed E-state index contributed by atoms with van der Waals surface area (Å²) in [5.74, 6) is 0. The van der Waals surface area contributed by atoms with Gasteiger partial charge in [0.2, 0.25) is 0 Å². The molecule has 0 aliphatic heterocycles. The number of hydrogen-bond acceptors (Lipinski definition) is 4. The van der Waals surface area contributed by atoms with E-state index < -0.39 is 5.41 Å². The molecule has 0 saturated carbocycles. The minimum absolute atomic E-state index is 0.316. The number of nitrogens with zero attached hydrogens (tertiary/aromatic N) is 2. The molecule has 1 heterocycles. The first kappa shape index (κ1) is 12.2. The van der Waals surface area contributed by atoms with Gasteiger partial charge in [-0.1, -0.05) is 6.92 Å². The van der Waals surface area contributed by atoms with E-state index in [4.69, 9.17) is 5.26 Å². The molecule has 0 spiro atoms. The molecular formula is C11H17N3S. The van der Waals surface area contributed by atoms with E-state index in [2.05, 4.69) is 30.2 Å². The second-order valence-corrected chi connectivity index (χ2v) is 5.15. The summed E-state index contributed by atoms with van der Waals surface area (Å²) < 4.78 is 0. The number of aromatic nitrogens is 1. The number of hydrogen-bond donors (Lipinski definition) is 1. The molecule has 1 aromatic rings. The lowest BCUT2D eigenvalue weighted by Gasteiger charge is -2.11. The lowest BCUT2D eigenvalue weighted by atomic mass is 9.97. The highest BCUT2D eigenvalue weighted by atomic mass is 32.1. The van der Waals surface area contributed by atoms with Gasteiger partial charge in [0.05, 0.1) is 6.07 Å². The Kier molecular flexibility index (Phi) is 3.83. The molecule has 0 fully saturated rings. The Hall–Kier alpha value is -0.920. The van der Waals surface area contributed by atoms with Gasteiger partial charge in [-0.25, -0.2) is 4.98 Å². The zero-order chi connectivity index (χ0) is 11.5. The molecule has 1 N–H and O–H groups in total. The maximum Gasteiger partial charge on any atom is 0.113 e. The van der Waals surface area contributed by atoms with Crippen LogP contribution in [0.5, 0.6) is 0 Å². The highest BCUT2D eigenvalue weighted by molar-refractivity contribution is 7.11. The summed E-state index contributed by atoms with van der Waals surface area (Å²) in [6.07, 6.45) is 1.87. The first-order chi connectivity index (χ1) is 7.01. The molecule has 1 rings (SSSR count). The van der Waals surface area contributed by atoms with E-state index in [1.807, 2.05) is 20.0 Å². The van der Waals surface area contributed by atoms with Gasteiger partial charge in [0, 0.05) is 17.1 Å². The Labute approximate surface area is 95.2 Å². The molecule has 1 aromatic heterocycles. The summed E-state index contributed by atoms with van der Waals surface area (Å²) in [4.78, 5) is 5.51. The van der Waals surface area contributed by atoms with E-state index in [0.717, 1.165) is 11.6 Å². The quantitative estimate of drug-likeness (QED) is 0.853. The van der Waals surface area contributed by atoms with E-state index in [1.165, 1.54) is 4.88 Å². The van der Waals surface area contributed by atoms with Crippen molar-refractivity contribution in [1.29, 1.82) is 5.26 Å². The Morgan fingerprint density at radius 3 is 2.87 bits per heavy atom. The third-order valence-electron chi connectivity index (χ3n) is 2.27. The van der Waals surface area contributed by atoms with E-state index in [0.29, 0.717) is 6.04 Å². The average Bonchev–Trinajstić information content (AvgIpc) is 2.67. The largest absolute Gasteiger partial charge is 0.310 e. The summed E-state index contributed by atoms with van der Waals surface area (Å²) in [7, 11) is 0. The van der Waals surface area contributed by atoms with Crippen molar-refractivity contribution in [3.8, 4) is 6.07 Å². The van der Waals surface area contributed by atoms with Crippen molar-refractivity contribution >= 4 is 11.3 Å². The zero-order valence-corrected chi connectivity index (χ0v) is 10.5. The van der Waals surface area contributed by atoms with Crippen LogP contribution in [0.15, 0.2) is 6.20 Å². The summed E-state index contributed by atoms with van der Waals surface area (Å²) in [5.41, 5.74) is -0.477. The van der Waals surface area contributed by atoms with Gasteiger partial charge in [-0.15, -0.1) is 11.3 Å². The van der Waals surface area contributed by atoms with Crippen molar-refractivity contribution < 1.29 is 0 Å². The number of rotatable bonds is 4. The zero-order valence-electron chi connectivity index (χ0n) is 9.66. The van der Waals surface area contributed by atoms with Crippen LogP contribution in [0.1, 0.15) is 43.6 Å². The highest BCUT2D eigenvalue weighted by Crippen LogP contribution is 2.29. The molecule has 15 heavy (non-hydrogen) atoms. The molecule has 1 atom stereocenters. The van der Waals surface area contributed by atoms with E-state index in [9.17, 15) is 0 Å². The maximum absolute atomic E-state index is 9.00. The van der Waals surface area contributed by atoms with Gasteiger partial charge in [0.25, 0.3) is 0 Å². The second kappa shape index (κ2) is 4.73. The molecule has 0 bridgehead atoms. The van der Waals surface area contributed by atoms with Crippen molar-refractivity contribution in [3.05, 3.63) is 16.1 Å². The minimum Gasteiger partial charge on any atom is -0.310 e. The fourth-order valence-electron chi connectivity index (χ4n) is 1.23. The fourth-order valence-corrected chi connectivity index (χ4v) is 2.23. The van der Waals surface area contributed by atoms with Gasteiger partial charge in [-0.2, -0.15) is 5.26 Å². The van der Waals surface area contributed by atoms with Gasteiger partial charge >= 0.3 is 0 Å². The number of thiazole rings is 1. The molecular weight excluding hydrogens is 206 g/mol. The Morgan fingerprint density at radius 1 is 1.67 bits per heavy atom. The minimum atomic E-state index is -0.477. The van der Waals surface area contributed by atoms with Crippen LogP contribution in [-0.4, -0.2) is 11.5 Å². The van der Waals surface area contributed by atoms with Crippen LogP contribution in [-0.2, 0) is 5.41 Å². The molecule has 3 nitrogen and oxygen atoms in total. The van der Waals surface area contributed by atoms with Crippen LogP contribution in [0.25, 0.3) is 0 Å². The van der Waals surface area contributed by atoms with E-state index in [1.54, 1.807) is 11.3 Å². The maximum atomic E-state index is 9.00. The monoisotopic (exact) mass is 223 g/mol. The normalized spacial score (nSPS) is 13.5. The fraction of sp³-hybridized carbons (Fsp3) is 0.636. The van der Waals surface area contributed by atoms with Crippen LogP contribution in [0.4, 0.5) is 0 Å². The first-order valence-electron chi connectivity index (χ1n) is 5.12. The molecule has 0 aliphatic rings. The predicted octanol–water partition coefficient (Wildman–Crippen LogP) is 2.61. The standard InChI is InChI=1S/C11H17N3S/c1-5-13-8(2)9-6-14-10(15-9)11(3,4)7-12/h6,8,13H,5H2,1-4H3. The number of nitriles is 1. The SMILES string of the molecule is CCNC(C)c1cnc(C(C)(C)C#N)s1. The molecule has 0 aromatic carbocycles.